The van der Waals surface area contributed by atoms with Crippen molar-refractivity contribution >= 4 is 11.6 Å². The summed E-state index contributed by atoms with van der Waals surface area (Å²) in [5, 5.41) is 4.17. The Morgan fingerprint density at radius 3 is 1.89 bits per heavy atom. The highest BCUT2D eigenvalue weighted by molar-refractivity contribution is 6.31. The Morgan fingerprint density at radius 1 is 0.778 bits per heavy atom. The van der Waals surface area contributed by atoms with Gasteiger partial charge >= 0.3 is 0 Å². The molecule has 0 spiro atoms. The van der Waals surface area contributed by atoms with Crippen LogP contribution in [0.5, 0.6) is 11.5 Å². The molecule has 0 aromatic heterocycles. The van der Waals surface area contributed by atoms with Crippen molar-refractivity contribution in [3.05, 3.63) is 94.5 Å². The lowest BCUT2D eigenvalue weighted by Gasteiger charge is -2.09. The molecule has 3 aromatic rings. The number of methoxy groups -OCH3 is 1. The minimum atomic E-state index is 0. The zero-order chi connectivity index (χ0) is 18.2. The molecule has 0 fully saturated rings. The molecule has 27 heavy (non-hydrogen) atoms. The minimum Gasteiger partial charge on any atom is -1.00 e. The van der Waals surface area contributed by atoms with Crippen molar-refractivity contribution in [2.24, 2.45) is 0 Å². The Hall–Kier alpha value is -2.20. The molecule has 3 nitrogen and oxygen atoms in total. The predicted molar refractivity (Wildman–Crippen MR) is 106 cm³/mol. The quantitative estimate of drug-likeness (QED) is 0.626. The zero-order valence-electron chi connectivity index (χ0n) is 15.1. The highest BCUT2D eigenvalue weighted by Gasteiger charge is 2.01. The van der Waals surface area contributed by atoms with Gasteiger partial charge in [-0.25, -0.2) is 0 Å². The van der Waals surface area contributed by atoms with Gasteiger partial charge in [0.25, 0.3) is 0 Å². The fourth-order valence-electron chi connectivity index (χ4n) is 2.57. The normalized spacial score (nSPS) is 10.1. The molecule has 0 bridgehead atoms. The van der Waals surface area contributed by atoms with Crippen LogP contribution in [0, 0.1) is 0 Å². The number of ether oxygens (including phenoxy) is 2. The maximum atomic E-state index is 6.15. The van der Waals surface area contributed by atoms with Crippen LogP contribution in [-0.4, -0.2) is 7.11 Å². The molecule has 5 heteroatoms. The lowest BCUT2D eigenvalue weighted by atomic mass is 10.2. The van der Waals surface area contributed by atoms with Gasteiger partial charge in [-0.2, -0.15) is 0 Å². The summed E-state index contributed by atoms with van der Waals surface area (Å²) in [6.07, 6.45) is 0. The fraction of sp³-hybridized carbons (Fsp3) is 0.182. The third-order valence-electron chi connectivity index (χ3n) is 4.09. The van der Waals surface area contributed by atoms with E-state index in [0.29, 0.717) is 6.61 Å². The largest absolute Gasteiger partial charge is 1.00 e. The standard InChI is InChI=1S/C22H22ClNO2.ClH/c1-25-20-10-6-17(7-11-20)14-24-15-18-8-12-21(13-9-18)26-16-19-4-2-3-5-22(19)23;/h2-13,24H,14-16H2,1H3;1H/p-1. The van der Waals surface area contributed by atoms with Crippen LogP contribution in [0.2, 0.25) is 5.02 Å². The summed E-state index contributed by atoms with van der Waals surface area (Å²) in [4.78, 5) is 0. The Balaban J connectivity index is 0.00000261. The second kappa shape index (κ2) is 10.8. The van der Waals surface area contributed by atoms with E-state index < -0.39 is 0 Å². The van der Waals surface area contributed by atoms with Crippen LogP contribution in [0.15, 0.2) is 72.8 Å². The van der Waals surface area contributed by atoms with E-state index in [1.165, 1.54) is 11.1 Å². The molecule has 0 saturated carbocycles. The van der Waals surface area contributed by atoms with Crippen LogP contribution in [-0.2, 0) is 19.7 Å². The van der Waals surface area contributed by atoms with Crippen molar-refractivity contribution in [3.8, 4) is 11.5 Å². The van der Waals surface area contributed by atoms with Gasteiger partial charge in [0.2, 0.25) is 0 Å². The molecular formula is C22H22Cl2NO2-. The fourth-order valence-corrected chi connectivity index (χ4v) is 2.76. The molecule has 3 aromatic carbocycles. The van der Waals surface area contributed by atoms with Gasteiger partial charge in [-0.15, -0.1) is 0 Å². The summed E-state index contributed by atoms with van der Waals surface area (Å²) in [6.45, 7) is 2.08. The molecule has 0 radical (unpaired) electrons. The van der Waals surface area contributed by atoms with Crippen LogP contribution in [0.3, 0.4) is 0 Å². The van der Waals surface area contributed by atoms with Crippen molar-refractivity contribution in [1.82, 2.24) is 5.32 Å². The van der Waals surface area contributed by atoms with Gasteiger partial charge in [0.05, 0.1) is 7.11 Å². The highest BCUT2D eigenvalue weighted by Crippen LogP contribution is 2.19. The third-order valence-corrected chi connectivity index (χ3v) is 4.46. The van der Waals surface area contributed by atoms with E-state index in [-0.39, 0.29) is 12.4 Å². The molecule has 0 unspecified atom stereocenters. The van der Waals surface area contributed by atoms with E-state index in [4.69, 9.17) is 21.1 Å². The topological polar surface area (TPSA) is 30.5 Å². The first kappa shape index (κ1) is 21.1. The molecule has 142 valence electrons. The summed E-state index contributed by atoms with van der Waals surface area (Å²) in [5.41, 5.74) is 3.42. The lowest BCUT2D eigenvalue weighted by Crippen LogP contribution is -3.00. The first-order valence-corrected chi connectivity index (χ1v) is 8.91. The minimum absolute atomic E-state index is 0. The summed E-state index contributed by atoms with van der Waals surface area (Å²) >= 11 is 6.15. The number of hydrogen-bond donors (Lipinski definition) is 1. The predicted octanol–water partition coefficient (Wildman–Crippen LogP) is 2.22. The van der Waals surface area contributed by atoms with Gasteiger partial charge in [-0.1, -0.05) is 54.1 Å². The van der Waals surface area contributed by atoms with E-state index in [1.807, 2.05) is 48.5 Å². The smallest absolute Gasteiger partial charge is 0.119 e. The molecule has 0 aliphatic carbocycles. The molecule has 0 heterocycles. The highest BCUT2D eigenvalue weighted by atomic mass is 35.5. The van der Waals surface area contributed by atoms with E-state index in [1.54, 1.807) is 7.11 Å². The number of nitrogens with one attached hydrogen (secondary N) is 1. The Bertz CT molecular complexity index is 820. The maximum absolute atomic E-state index is 6.15. The molecule has 0 saturated heterocycles. The van der Waals surface area contributed by atoms with E-state index in [2.05, 4.69) is 29.6 Å². The van der Waals surface area contributed by atoms with Crippen LogP contribution in [0.25, 0.3) is 0 Å². The van der Waals surface area contributed by atoms with Crippen LogP contribution < -0.4 is 27.2 Å². The number of hydrogen-bond acceptors (Lipinski definition) is 3. The van der Waals surface area contributed by atoms with Crippen molar-refractivity contribution < 1.29 is 21.9 Å². The van der Waals surface area contributed by atoms with E-state index in [9.17, 15) is 0 Å². The molecule has 1 N–H and O–H groups in total. The summed E-state index contributed by atoms with van der Waals surface area (Å²) in [5.74, 6) is 1.71. The second-order valence-corrected chi connectivity index (χ2v) is 6.38. The van der Waals surface area contributed by atoms with Crippen LogP contribution >= 0.6 is 11.6 Å². The Kier molecular flexibility index (Phi) is 8.46. The van der Waals surface area contributed by atoms with Crippen molar-refractivity contribution in [2.45, 2.75) is 19.7 Å². The van der Waals surface area contributed by atoms with Gasteiger partial charge in [-0.05, 0) is 41.5 Å². The average Bonchev–Trinajstić information content (AvgIpc) is 2.69. The monoisotopic (exact) mass is 402 g/mol. The molecule has 3 rings (SSSR count). The van der Waals surface area contributed by atoms with Crippen LogP contribution in [0.1, 0.15) is 16.7 Å². The van der Waals surface area contributed by atoms with Crippen molar-refractivity contribution in [2.75, 3.05) is 7.11 Å². The number of benzene rings is 3. The van der Waals surface area contributed by atoms with Crippen molar-refractivity contribution in [3.63, 3.8) is 0 Å². The molecule has 0 atom stereocenters. The maximum Gasteiger partial charge on any atom is 0.119 e. The molecule has 0 amide bonds. The van der Waals surface area contributed by atoms with E-state index >= 15 is 0 Å². The van der Waals surface area contributed by atoms with Gasteiger partial charge in [0, 0.05) is 23.7 Å². The van der Waals surface area contributed by atoms with Gasteiger partial charge < -0.3 is 27.2 Å². The average molecular weight is 403 g/mol. The first-order valence-electron chi connectivity index (χ1n) is 8.53. The van der Waals surface area contributed by atoms with Gasteiger partial charge in [-0.3, -0.25) is 0 Å². The van der Waals surface area contributed by atoms with E-state index in [0.717, 1.165) is 35.2 Å². The van der Waals surface area contributed by atoms with Gasteiger partial charge in [0.1, 0.15) is 18.1 Å². The Morgan fingerprint density at radius 2 is 1.33 bits per heavy atom. The SMILES string of the molecule is COc1ccc(CNCc2ccc(OCc3ccccc3Cl)cc2)cc1.[Cl-]. The van der Waals surface area contributed by atoms with Gasteiger partial charge in [0.15, 0.2) is 0 Å². The summed E-state index contributed by atoms with van der Waals surface area (Å²) in [6, 6.07) is 23.9. The van der Waals surface area contributed by atoms with Crippen LogP contribution in [0.4, 0.5) is 0 Å². The zero-order valence-corrected chi connectivity index (χ0v) is 16.6. The molecular weight excluding hydrogens is 381 g/mol. The second-order valence-electron chi connectivity index (χ2n) is 5.98. The third kappa shape index (κ3) is 6.47. The number of halogens is 2. The summed E-state index contributed by atoms with van der Waals surface area (Å²) in [7, 11) is 1.68. The Labute approximate surface area is 171 Å². The lowest BCUT2D eigenvalue weighted by molar-refractivity contribution is -0.00000585. The molecule has 0 aliphatic rings. The first-order chi connectivity index (χ1) is 12.7. The molecule has 0 aliphatic heterocycles. The number of rotatable bonds is 8. The summed E-state index contributed by atoms with van der Waals surface area (Å²) < 4.78 is 11.0. The van der Waals surface area contributed by atoms with Crippen molar-refractivity contribution in [1.29, 1.82) is 0 Å².